The van der Waals surface area contributed by atoms with Crippen LogP contribution in [0.25, 0.3) is 0 Å². The first-order valence-corrected chi connectivity index (χ1v) is 9.63. The van der Waals surface area contributed by atoms with Crippen LogP contribution in [0.4, 0.5) is 36.3 Å². The van der Waals surface area contributed by atoms with Gasteiger partial charge in [0.05, 0.1) is 6.61 Å². The van der Waals surface area contributed by atoms with Crippen molar-refractivity contribution in [3.05, 3.63) is 65.9 Å². The molecule has 0 amide bonds. The second-order valence-electron chi connectivity index (χ2n) is 6.80. The molecule has 3 rings (SSSR count). The van der Waals surface area contributed by atoms with E-state index in [0.29, 0.717) is 23.7 Å². The van der Waals surface area contributed by atoms with Gasteiger partial charge in [-0.05, 0) is 55.3 Å². The number of nitrogens with zero attached hydrogens (tertiary/aromatic N) is 2. The minimum atomic E-state index is -4.59. The van der Waals surface area contributed by atoms with Gasteiger partial charge in [-0.1, -0.05) is 25.5 Å². The molecule has 0 bridgehead atoms. The second-order valence-corrected chi connectivity index (χ2v) is 6.80. The Morgan fingerprint density at radius 1 is 1.00 bits per heavy atom. The lowest BCUT2D eigenvalue weighted by Crippen LogP contribution is -2.12. The van der Waals surface area contributed by atoms with Gasteiger partial charge in [0.15, 0.2) is 0 Å². The summed E-state index contributed by atoms with van der Waals surface area (Å²) in [6.45, 7) is 4.58. The first kappa shape index (κ1) is 21.4. The van der Waals surface area contributed by atoms with Crippen LogP contribution >= 0.6 is 0 Å². The molecule has 2 aromatic carbocycles. The molecule has 0 aliphatic carbocycles. The summed E-state index contributed by atoms with van der Waals surface area (Å²) in [7, 11) is 0. The van der Waals surface area contributed by atoms with Crippen LogP contribution in [-0.4, -0.2) is 16.6 Å². The number of hydrogen-bond acceptors (Lipinski definition) is 5. The van der Waals surface area contributed by atoms with E-state index in [1.54, 1.807) is 30.3 Å². The van der Waals surface area contributed by atoms with E-state index in [9.17, 15) is 13.2 Å². The molecular weight excluding hydrogens is 393 g/mol. The minimum Gasteiger partial charge on any atom is -0.494 e. The Hall–Kier alpha value is -3.29. The molecule has 0 unspecified atom stereocenters. The highest BCUT2D eigenvalue weighted by molar-refractivity contribution is 5.63. The van der Waals surface area contributed by atoms with Crippen molar-refractivity contribution >= 4 is 23.1 Å². The van der Waals surface area contributed by atoms with Crippen molar-refractivity contribution in [3.63, 3.8) is 0 Å². The van der Waals surface area contributed by atoms with Crippen molar-refractivity contribution in [2.75, 3.05) is 17.2 Å². The maximum Gasteiger partial charge on any atom is 0.421 e. The fourth-order valence-electron chi connectivity index (χ4n) is 2.70. The summed E-state index contributed by atoms with van der Waals surface area (Å²) in [5.41, 5.74) is 1.21. The number of unbranched alkanes of at least 4 members (excludes halogenated alkanes) is 1. The summed E-state index contributed by atoms with van der Waals surface area (Å²) < 4.78 is 45.9. The lowest BCUT2D eigenvalue weighted by Gasteiger charge is -2.15. The van der Waals surface area contributed by atoms with Crippen molar-refractivity contribution in [3.8, 4) is 5.75 Å². The zero-order valence-corrected chi connectivity index (χ0v) is 16.8. The fourth-order valence-corrected chi connectivity index (χ4v) is 2.70. The van der Waals surface area contributed by atoms with Crippen molar-refractivity contribution in [2.24, 2.45) is 0 Å². The Morgan fingerprint density at radius 3 is 2.43 bits per heavy atom. The smallest absolute Gasteiger partial charge is 0.421 e. The van der Waals surface area contributed by atoms with Crippen LogP contribution in [-0.2, 0) is 6.18 Å². The van der Waals surface area contributed by atoms with E-state index in [1.165, 1.54) is 0 Å². The summed E-state index contributed by atoms with van der Waals surface area (Å²) in [6, 6.07) is 14.1. The van der Waals surface area contributed by atoms with E-state index >= 15 is 0 Å². The molecule has 0 radical (unpaired) electrons. The molecule has 8 heteroatoms. The highest BCUT2D eigenvalue weighted by atomic mass is 19.4. The van der Waals surface area contributed by atoms with Crippen molar-refractivity contribution in [2.45, 2.75) is 32.9 Å². The van der Waals surface area contributed by atoms with Crippen LogP contribution in [0, 0.1) is 6.92 Å². The molecule has 0 atom stereocenters. The highest BCUT2D eigenvalue weighted by Gasteiger charge is 2.35. The van der Waals surface area contributed by atoms with E-state index in [1.807, 2.05) is 25.1 Å². The Kier molecular flexibility index (Phi) is 6.76. The van der Waals surface area contributed by atoms with Gasteiger partial charge in [-0.25, -0.2) is 4.98 Å². The maximum absolute atomic E-state index is 13.4. The molecule has 0 saturated carbocycles. The third kappa shape index (κ3) is 5.85. The third-order valence-electron chi connectivity index (χ3n) is 4.25. The average Bonchev–Trinajstić information content (AvgIpc) is 2.69. The molecule has 0 aliphatic rings. The number of alkyl halides is 3. The number of rotatable bonds is 8. The number of benzene rings is 2. The van der Waals surface area contributed by atoms with Gasteiger partial charge in [0.25, 0.3) is 0 Å². The molecule has 0 fully saturated rings. The molecule has 0 spiro atoms. The number of hydrogen-bond donors (Lipinski definition) is 2. The number of halogens is 3. The molecule has 3 aromatic rings. The average molecular weight is 416 g/mol. The van der Waals surface area contributed by atoms with Crippen LogP contribution in [0.5, 0.6) is 5.75 Å². The van der Waals surface area contributed by atoms with E-state index < -0.39 is 11.7 Å². The van der Waals surface area contributed by atoms with E-state index in [-0.39, 0.29) is 11.8 Å². The number of aromatic nitrogens is 2. The normalized spacial score (nSPS) is 11.2. The second kappa shape index (κ2) is 9.47. The van der Waals surface area contributed by atoms with E-state index in [4.69, 9.17) is 4.74 Å². The molecule has 30 heavy (non-hydrogen) atoms. The van der Waals surface area contributed by atoms with Crippen LogP contribution in [0.2, 0.25) is 0 Å². The zero-order chi connectivity index (χ0) is 21.6. The SMILES string of the molecule is CCCCOc1ccc(Nc2nc(Nc3cccc(C)c3)ncc2C(F)(F)F)cc1. The van der Waals surface area contributed by atoms with Gasteiger partial charge in [0.2, 0.25) is 5.95 Å². The molecule has 0 aliphatic heterocycles. The topological polar surface area (TPSA) is 59.1 Å². The van der Waals surface area contributed by atoms with Crippen LogP contribution in [0.15, 0.2) is 54.7 Å². The molecule has 0 saturated heterocycles. The fraction of sp³-hybridized carbons (Fsp3) is 0.273. The number of nitrogens with one attached hydrogen (secondary N) is 2. The standard InChI is InChI=1S/C22H23F3N4O/c1-3-4-12-30-18-10-8-16(9-11-18)27-20-19(22(23,24)25)14-26-21(29-20)28-17-7-5-6-15(2)13-17/h5-11,13-14H,3-4,12H2,1-2H3,(H2,26,27,28,29). The Labute approximate surface area is 173 Å². The largest absolute Gasteiger partial charge is 0.494 e. The number of ether oxygens (including phenoxy) is 1. The Morgan fingerprint density at radius 2 is 1.77 bits per heavy atom. The van der Waals surface area contributed by atoms with Gasteiger partial charge >= 0.3 is 6.18 Å². The van der Waals surface area contributed by atoms with Gasteiger partial charge in [0.1, 0.15) is 17.1 Å². The Balaban J connectivity index is 1.82. The summed E-state index contributed by atoms with van der Waals surface area (Å²) in [5.74, 6) is 0.400. The first-order chi connectivity index (χ1) is 14.3. The van der Waals surface area contributed by atoms with E-state index in [0.717, 1.165) is 24.6 Å². The summed E-state index contributed by atoms with van der Waals surface area (Å²) >= 11 is 0. The van der Waals surface area contributed by atoms with Crippen LogP contribution in [0.1, 0.15) is 30.9 Å². The van der Waals surface area contributed by atoms with Gasteiger partial charge in [-0.15, -0.1) is 0 Å². The van der Waals surface area contributed by atoms with Crippen molar-refractivity contribution in [1.29, 1.82) is 0 Å². The lowest BCUT2D eigenvalue weighted by molar-refractivity contribution is -0.137. The summed E-state index contributed by atoms with van der Waals surface area (Å²) in [4.78, 5) is 7.88. The number of aryl methyl sites for hydroxylation is 1. The highest BCUT2D eigenvalue weighted by Crippen LogP contribution is 2.35. The minimum absolute atomic E-state index is 0.0654. The molecule has 5 nitrogen and oxygen atoms in total. The predicted octanol–water partition coefficient (Wildman–Crippen LogP) is 6.47. The Bertz CT molecular complexity index is 975. The third-order valence-corrected chi connectivity index (χ3v) is 4.25. The molecule has 1 heterocycles. The summed E-state index contributed by atoms with van der Waals surface area (Å²) in [6.07, 6.45) is -1.86. The number of anilines is 4. The molecule has 1 aromatic heterocycles. The van der Waals surface area contributed by atoms with Crippen LogP contribution in [0.3, 0.4) is 0 Å². The summed E-state index contributed by atoms with van der Waals surface area (Å²) in [5, 5.41) is 5.68. The van der Waals surface area contributed by atoms with E-state index in [2.05, 4.69) is 27.5 Å². The lowest BCUT2D eigenvalue weighted by atomic mass is 10.2. The van der Waals surface area contributed by atoms with Gasteiger partial charge in [-0.2, -0.15) is 18.2 Å². The predicted molar refractivity (Wildman–Crippen MR) is 112 cm³/mol. The van der Waals surface area contributed by atoms with Crippen molar-refractivity contribution < 1.29 is 17.9 Å². The zero-order valence-electron chi connectivity index (χ0n) is 16.8. The molecular formula is C22H23F3N4O. The molecule has 158 valence electrons. The van der Waals surface area contributed by atoms with Gasteiger partial charge in [-0.3, -0.25) is 0 Å². The van der Waals surface area contributed by atoms with Crippen molar-refractivity contribution in [1.82, 2.24) is 9.97 Å². The maximum atomic E-state index is 13.4. The van der Waals surface area contributed by atoms with Gasteiger partial charge in [0, 0.05) is 17.6 Å². The quantitative estimate of drug-likeness (QED) is 0.412. The first-order valence-electron chi connectivity index (χ1n) is 9.63. The molecule has 2 N–H and O–H groups in total. The monoisotopic (exact) mass is 416 g/mol. The van der Waals surface area contributed by atoms with Gasteiger partial charge < -0.3 is 15.4 Å². The van der Waals surface area contributed by atoms with Crippen LogP contribution < -0.4 is 15.4 Å².